The standard InChI is InChI=1S/C25H22N4O3/c1-28-23(30)15-21(18-9-11-26-12-10-18)27-25(28)29-13-14-32-22(16-29)24(31)20-8-4-6-17-5-2-3-7-19(17)20/h2-12,15,22H,13-14,16H2,1H3. The van der Waals surface area contributed by atoms with Gasteiger partial charge in [0, 0.05) is 43.2 Å². The van der Waals surface area contributed by atoms with E-state index in [1.54, 1.807) is 19.4 Å². The number of pyridine rings is 1. The van der Waals surface area contributed by atoms with Crippen molar-refractivity contribution in [2.24, 2.45) is 7.05 Å². The van der Waals surface area contributed by atoms with Gasteiger partial charge in [0.05, 0.1) is 18.8 Å². The molecule has 0 N–H and O–H groups in total. The van der Waals surface area contributed by atoms with Gasteiger partial charge in [0.2, 0.25) is 5.95 Å². The van der Waals surface area contributed by atoms with Crippen molar-refractivity contribution >= 4 is 22.5 Å². The molecule has 7 nitrogen and oxygen atoms in total. The molecule has 1 atom stereocenters. The smallest absolute Gasteiger partial charge is 0.255 e. The van der Waals surface area contributed by atoms with Crippen LogP contribution in [0.5, 0.6) is 0 Å². The minimum absolute atomic E-state index is 0.0678. The molecule has 1 aliphatic heterocycles. The van der Waals surface area contributed by atoms with Crippen LogP contribution in [0, 0.1) is 0 Å². The molecule has 1 aliphatic rings. The van der Waals surface area contributed by atoms with Gasteiger partial charge in [-0.15, -0.1) is 0 Å². The fourth-order valence-electron chi connectivity index (χ4n) is 4.08. The minimum Gasteiger partial charge on any atom is -0.366 e. The number of benzene rings is 2. The maximum Gasteiger partial charge on any atom is 0.255 e. The Hall–Kier alpha value is -3.84. The number of morpholine rings is 1. The topological polar surface area (TPSA) is 77.3 Å². The second-order valence-electron chi connectivity index (χ2n) is 7.77. The van der Waals surface area contributed by atoms with Crippen LogP contribution in [0.4, 0.5) is 5.95 Å². The fourth-order valence-corrected chi connectivity index (χ4v) is 4.08. The Labute approximate surface area is 184 Å². The van der Waals surface area contributed by atoms with Gasteiger partial charge in [-0.3, -0.25) is 19.1 Å². The van der Waals surface area contributed by atoms with E-state index >= 15 is 0 Å². The molecule has 0 bridgehead atoms. The summed E-state index contributed by atoms with van der Waals surface area (Å²) >= 11 is 0. The van der Waals surface area contributed by atoms with E-state index in [1.165, 1.54) is 10.6 Å². The highest BCUT2D eigenvalue weighted by molar-refractivity contribution is 6.10. The van der Waals surface area contributed by atoms with E-state index in [2.05, 4.69) is 4.98 Å². The van der Waals surface area contributed by atoms with Gasteiger partial charge in [-0.2, -0.15) is 0 Å². The van der Waals surface area contributed by atoms with Crippen LogP contribution in [0.25, 0.3) is 22.0 Å². The summed E-state index contributed by atoms with van der Waals surface area (Å²) in [5, 5.41) is 1.92. The number of hydrogen-bond acceptors (Lipinski definition) is 6. The van der Waals surface area contributed by atoms with Gasteiger partial charge in [0.25, 0.3) is 5.56 Å². The zero-order chi connectivity index (χ0) is 22.1. The molecule has 160 valence electrons. The Morgan fingerprint density at radius 3 is 2.69 bits per heavy atom. The monoisotopic (exact) mass is 426 g/mol. The van der Waals surface area contributed by atoms with E-state index in [0.717, 1.165) is 16.3 Å². The van der Waals surface area contributed by atoms with Gasteiger partial charge in [0.15, 0.2) is 5.78 Å². The quantitative estimate of drug-likeness (QED) is 0.467. The van der Waals surface area contributed by atoms with Gasteiger partial charge < -0.3 is 9.64 Å². The lowest BCUT2D eigenvalue weighted by Crippen LogP contribution is -2.48. The van der Waals surface area contributed by atoms with E-state index in [4.69, 9.17) is 9.72 Å². The molecule has 5 rings (SSSR count). The van der Waals surface area contributed by atoms with Crippen LogP contribution in [0.15, 0.2) is 77.9 Å². The van der Waals surface area contributed by atoms with Crippen molar-refractivity contribution in [2.75, 3.05) is 24.6 Å². The third-order valence-electron chi connectivity index (χ3n) is 5.78. The van der Waals surface area contributed by atoms with E-state index in [-0.39, 0.29) is 11.3 Å². The Bertz CT molecular complexity index is 1350. The summed E-state index contributed by atoms with van der Waals surface area (Å²) in [5.41, 5.74) is 1.87. The van der Waals surface area contributed by atoms with Crippen molar-refractivity contribution < 1.29 is 9.53 Å². The number of ketones is 1. The highest BCUT2D eigenvalue weighted by atomic mass is 16.5. The summed E-state index contributed by atoms with van der Waals surface area (Å²) < 4.78 is 7.37. The predicted octanol–water partition coefficient (Wildman–Crippen LogP) is 3.08. The maximum absolute atomic E-state index is 13.4. The molecule has 7 heteroatoms. The van der Waals surface area contributed by atoms with Crippen LogP contribution in [0.3, 0.4) is 0 Å². The summed E-state index contributed by atoms with van der Waals surface area (Å²) in [6.07, 6.45) is 2.69. The normalized spacial score (nSPS) is 16.3. The molecule has 1 unspecified atom stereocenters. The second-order valence-corrected chi connectivity index (χ2v) is 7.77. The molecule has 1 saturated heterocycles. The summed E-state index contributed by atoms with van der Waals surface area (Å²) in [5.74, 6) is 0.449. The number of ether oxygens (including phenoxy) is 1. The van der Waals surface area contributed by atoms with Crippen LogP contribution >= 0.6 is 0 Å². The zero-order valence-electron chi connectivity index (χ0n) is 17.6. The number of aromatic nitrogens is 3. The van der Waals surface area contributed by atoms with Crippen LogP contribution in [0.1, 0.15) is 10.4 Å². The van der Waals surface area contributed by atoms with Gasteiger partial charge in [0.1, 0.15) is 6.10 Å². The number of nitrogens with zero attached hydrogens (tertiary/aromatic N) is 4. The van der Waals surface area contributed by atoms with Crippen LogP contribution < -0.4 is 10.5 Å². The van der Waals surface area contributed by atoms with Crippen LogP contribution in [0.2, 0.25) is 0 Å². The third-order valence-corrected chi connectivity index (χ3v) is 5.78. The first-order chi connectivity index (χ1) is 15.6. The lowest BCUT2D eigenvalue weighted by atomic mass is 9.98. The van der Waals surface area contributed by atoms with Gasteiger partial charge in [-0.25, -0.2) is 4.98 Å². The molecule has 0 aliphatic carbocycles. The summed E-state index contributed by atoms with van der Waals surface area (Å²) in [6.45, 7) is 1.23. The number of fused-ring (bicyclic) bond motifs is 1. The van der Waals surface area contributed by atoms with Crippen LogP contribution in [-0.4, -0.2) is 46.1 Å². The van der Waals surface area contributed by atoms with Crippen molar-refractivity contribution in [3.63, 3.8) is 0 Å². The first kappa shape index (κ1) is 20.1. The summed E-state index contributed by atoms with van der Waals surface area (Å²) in [6, 6.07) is 18.7. The molecule has 0 radical (unpaired) electrons. The number of Topliss-reactive ketones (excluding diaryl/α,β-unsaturated/α-hetero) is 1. The number of anilines is 1. The maximum atomic E-state index is 13.4. The summed E-state index contributed by atoms with van der Waals surface area (Å²) in [7, 11) is 1.69. The molecular formula is C25H22N4O3. The van der Waals surface area contributed by atoms with E-state index in [1.807, 2.05) is 59.5 Å². The minimum atomic E-state index is -0.643. The second kappa shape index (κ2) is 8.36. The van der Waals surface area contributed by atoms with E-state index in [9.17, 15) is 9.59 Å². The highest BCUT2D eigenvalue weighted by Gasteiger charge is 2.30. The van der Waals surface area contributed by atoms with Crippen molar-refractivity contribution in [3.8, 4) is 11.3 Å². The molecule has 0 amide bonds. The van der Waals surface area contributed by atoms with E-state index in [0.29, 0.717) is 36.9 Å². The fraction of sp³-hybridized carbons (Fsp3) is 0.200. The number of carbonyl (C=O) groups excluding carboxylic acids is 1. The lowest BCUT2D eigenvalue weighted by molar-refractivity contribution is 0.0338. The van der Waals surface area contributed by atoms with Crippen molar-refractivity contribution in [1.29, 1.82) is 0 Å². The average Bonchev–Trinajstić information content (AvgIpc) is 2.85. The molecule has 32 heavy (non-hydrogen) atoms. The molecule has 2 aromatic heterocycles. The van der Waals surface area contributed by atoms with Crippen molar-refractivity contribution in [3.05, 3.63) is 89.0 Å². The first-order valence-corrected chi connectivity index (χ1v) is 10.5. The van der Waals surface area contributed by atoms with Gasteiger partial charge >= 0.3 is 0 Å². The Morgan fingerprint density at radius 2 is 1.84 bits per heavy atom. The Morgan fingerprint density at radius 1 is 1.06 bits per heavy atom. The molecule has 0 saturated carbocycles. The zero-order valence-corrected chi connectivity index (χ0v) is 17.6. The SMILES string of the molecule is Cn1c(N2CCOC(C(=O)c3cccc4ccccc34)C2)nc(-c2ccncc2)cc1=O. The van der Waals surface area contributed by atoms with E-state index < -0.39 is 6.10 Å². The third kappa shape index (κ3) is 3.67. The Balaban J connectivity index is 1.47. The molecule has 2 aromatic carbocycles. The van der Waals surface area contributed by atoms with Crippen molar-refractivity contribution in [1.82, 2.24) is 14.5 Å². The molecule has 0 spiro atoms. The predicted molar refractivity (Wildman–Crippen MR) is 123 cm³/mol. The summed E-state index contributed by atoms with van der Waals surface area (Å²) in [4.78, 5) is 36.7. The average molecular weight is 426 g/mol. The molecular weight excluding hydrogens is 404 g/mol. The Kier molecular flexibility index (Phi) is 5.25. The van der Waals surface area contributed by atoms with Crippen LogP contribution in [-0.2, 0) is 11.8 Å². The lowest BCUT2D eigenvalue weighted by Gasteiger charge is -2.33. The van der Waals surface area contributed by atoms with Crippen molar-refractivity contribution in [2.45, 2.75) is 6.10 Å². The first-order valence-electron chi connectivity index (χ1n) is 10.5. The number of carbonyl (C=O) groups is 1. The van der Waals surface area contributed by atoms with Gasteiger partial charge in [-0.05, 0) is 22.9 Å². The molecule has 1 fully saturated rings. The number of hydrogen-bond donors (Lipinski definition) is 0. The molecule has 3 heterocycles. The highest BCUT2D eigenvalue weighted by Crippen LogP contribution is 2.24. The number of rotatable bonds is 4. The largest absolute Gasteiger partial charge is 0.366 e. The molecule has 4 aromatic rings. The van der Waals surface area contributed by atoms with Gasteiger partial charge in [-0.1, -0.05) is 42.5 Å².